The number of guanidine groups is 1. The van der Waals surface area contributed by atoms with Crippen molar-refractivity contribution in [3.8, 4) is 0 Å². The molecule has 1 unspecified atom stereocenters. The number of aromatic nitrogens is 2. The van der Waals surface area contributed by atoms with E-state index in [-0.39, 0.29) is 0 Å². The predicted molar refractivity (Wildman–Crippen MR) is 101 cm³/mol. The molecule has 1 heterocycles. The van der Waals surface area contributed by atoms with Gasteiger partial charge in [0.15, 0.2) is 5.96 Å². The van der Waals surface area contributed by atoms with E-state index in [4.69, 9.17) is 0 Å². The molecule has 6 heteroatoms. The Morgan fingerprint density at radius 1 is 1.42 bits per heavy atom. The molecule has 2 rings (SSSR count). The third-order valence-electron chi connectivity index (χ3n) is 4.94. The van der Waals surface area contributed by atoms with E-state index in [9.17, 15) is 0 Å². The molecule has 136 valence electrons. The van der Waals surface area contributed by atoms with Crippen molar-refractivity contribution in [3.05, 3.63) is 17.0 Å². The molecular weight excluding hydrogens is 300 g/mol. The topological polar surface area (TPSA) is 57.5 Å². The molecule has 1 aromatic heterocycles. The van der Waals surface area contributed by atoms with E-state index in [0.717, 1.165) is 43.8 Å². The highest BCUT2D eigenvalue weighted by atomic mass is 15.3. The average Bonchev–Trinajstić information content (AvgIpc) is 3.35. The molecule has 1 saturated carbocycles. The second-order valence-electron chi connectivity index (χ2n) is 6.88. The maximum Gasteiger partial charge on any atom is 0.191 e. The van der Waals surface area contributed by atoms with E-state index in [1.807, 2.05) is 18.8 Å². The van der Waals surface area contributed by atoms with Crippen LogP contribution < -0.4 is 10.6 Å². The lowest BCUT2D eigenvalue weighted by atomic mass is 10.1. The van der Waals surface area contributed by atoms with E-state index >= 15 is 0 Å². The Labute approximate surface area is 146 Å². The summed E-state index contributed by atoms with van der Waals surface area (Å²) in [5.74, 6) is 0.883. The Kier molecular flexibility index (Phi) is 6.66. The molecule has 0 bridgehead atoms. The van der Waals surface area contributed by atoms with Gasteiger partial charge in [-0.2, -0.15) is 5.10 Å². The molecule has 0 radical (unpaired) electrons. The largest absolute Gasteiger partial charge is 0.355 e. The van der Waals surface area contributed by atoms with Gasteiger partial charge in [0.25, 0.3) is 0 Å². The first-order valence-electron chi connectivity index (χ1n) is 9.16. The number of hydrogen-bond acceptors (Lipinski definition) is 3. The summed E-state index contributed by atoms with van der Waals surface area (Å²) in [5, 5.41) is 11.4. The molecule has 0 amide bonds. The predicted octanol–water partition coefficient (Wildman–Crippen LogP) is 1.62. The summed E-state index contributed by atoms with van der Waals surface area (Å²) < 4.78 is 1.96. The van der Waals surface area contributed by atoms with E-state index in [1.165, 1.54) is 24.1 Å². The highest BCUT2D eigenvalue weighted by Gasteiger charge is 2.27. The monoisotopic (exact) mass is 334 g/mol. The van der Waals surface area contributed by atoms with Crippen LogP contribution in [0.2, 0.25) is 0 Å². The van der Waals surface area contributed by atoms with Crippen LogP contribution in [-0.2, 0) is 13.5 Å². The lowest BCUT2D eigenvalue weighted by Gasteiger charge is -2.22. The number of rotatable bonds is 8. The van der Waals surface area contributed by atoms with Gasteiger partial charge in [0.1, 0.15) is 0 Å². The minimum Gasteiger partial charge on any atom is -0.355 e. The SMILES string of the molecule is CCN(CCNC(=NC)NC(C)Cc1c(C)nn(C)c1C)C1CC1. The lowest BCUT2D eigenvalue weighted by Crippen LogP contribution is -2.45. The van der Waals surface area contributed by atoms with Crippen LogP contribution in [0.25, 0.3) is 0 Å². The van der Waals surface area contributed by atoms with Crippen molar-refractivity contribution in [1.82, 2.24) is 25.3 Å². The summed E-state index contributed by atoms with van der Waals surface area (Å²) in [7, 11) is 3.84. The van der Waals surface area contributed by atoms with Crippen molar-refractivity contribution < 1.29 is 0 Å². The van der Waals surface area contributed by atoms with E-state index in [2.05, 4.69) is 53.3 Å². The third kappa shape index (κ3) is 4.97. The number of hydrogen-bond donors (Lipinski definition) is 2. The van der Waals surface area contributed by atoms with Crippen LogP contribution in [0.1, 0.15) is 43.6 Å². The van der Waals surface area contributed by atoms with Crippen molar-refractivity contribution in [2.24, 2.45) is 12.0 Å². The molecule has 1 aromatic rings. The van der Waals surface area contributed by atoms with Gasteiger partial charge in [0.05, 0.1) is 5.69 Å². The third-order valence-corrected chi connectivity index (χ3v) is 4.94. The zero-order valence-corrected chi connectivity index (χ0v) is 16.2. The fraction of sp³-hybridized carbons (Fsp3) is 0.778. The molecule has 1 fully saturated rings. The number of likely N-dealkylation sites (N-methyl/N-ethyl adjacent to an activating group) is 1. The standard InChI is InChI=1S/C18H34N6/c1-7-24(16-8-9-16)11-10-20-18(19-5)21-13(2)12-17-14(3)22-23(6)15(17)4/h13,16H,7-12H2,1-6H3,(H2,19,20,21). The van der Waals surface area contributed by atoms with Crippen molar-refractivity contribution in [3.63, 3.8) is 0 Å². The van der Waals surface area contributed by atoms with Crippen LogP contribution >= 0.6 is 0 Å². The van der Waals surface area contributed by atoms with Gasteiger partial charge in [-0.05, 0) is 52.1 Å². The van der Waals surface area contributed by atoms with Crippen LogP contribution in [0.5, 0.6) is 0 Å². The molecule has 0 aliphatic heterocycles. The Hall–Kier alpha value is -1.56. The Morgan fingerprint density at radius 2 is 2.12 bits per heavy atom. The van der Waals surface area contributed by atoms with Gasteiger partial charge in [-0.3, -0.25) is 14.6 Å². The molecule has 0 aromatic carbocycles. The minimum atomic E-state index is 0.309. The summed E-state index contributed by atoms with van der Waals surface area (Å²) in [5.41, 5.74) is 3.69. The highest BCUT2D eigenvalue weighted by molar-refractivity contribution is 5.79. The molecule has 1 aliphatic rings. The van der Waals surface area contributed by atoms with E-state index in [0.29, 0.717) is 6.04 Å². The van der Waals surface area contributed by atoms with Gasteiger partial charge in [0.2, 0.25) is 0 Å². The molecule has 1 atom stereocenters. The number of nitrogens with zero attached hydrogens (tertiary/aromatic N) is 4. The van der Waals surface area contributed by atoms with Crippen molar-refractivity contribution in [2.45, 2.75) is 59.0 Å². The fourth-order valence-electron chi connectivity index (χ4n) is 3.25. The average molecular weight is 335 g/mol. The maximum absolute atomic E-state index is 4.50. The maximum atomic E-state index is 4.50. The molecule has 0 spiro atoms. The first-order valence-corrected chi connectivity index (χ1v) is 9.16. The van der Waals surface area contributed by atoms with Gasteiger partial charge in [-0.25, -0.2) is 0 Å². The summed E-state index contributed by atoms with van der Waals surface area (Å²) in [6.45, 7) is 11.8. The zero-order valence-electron chi connectivity index (χ0n) is 16.2. The number of nitrogens with one attached hydrogen (secondary N) is 2. The molecule has 2 N–H and O–H groups in total. The van der Waals surface area contributed by atoms with E-state index in [1.54, 1.807) is 0 Å². The van der Waals surface area contributed by atoms with Crippen LogP contribution in [0.15, 0.2) is 4.99 Å². The second-order valence-corrected chi connectivity index (χ2v) is 6.88. The summed E-state index contributed by atoms with van der Waals surface area (Å²) in [4.78, 5) is 6.91. The molecule has 24 heavy (non-hydrogen) atoms. The van der Waals surface area contributed by atoms with Gasteiger partial charge in [-0.15, -0.1) is 0 Å². The van der Waals surface area contributed by atoms with Crippen LogP contribution in [0, 0.1) is 13.8 Å². The molecule has 0 saturated heterocycles. The Bertz CT molecular complexity index is 558. The fourth-order valence-corrected chi connectivity index (χ4v) is 3.25. The number of aryl methyl sites for hydroxylation is 2. The minimum absolute atomic E-state index is 0.309. The van der Waals surface area contributed by atoms with Crippen LogP contribution in [0.4, 0.5) is 0 Å². The lowest BCUT2D eigenvalue weighted by molar-refractivity contribution is 0.282. The van der Waals surface area contributed by atoms with Crippen molar-refractivity contribution >= 4 is 5.96 Å². The molecule has 1 aliphatic carbocycles. The Morgan fingerprint density at radius 3 is 2.62 bits per heavy atom. The van der Waals surface area contributed by atoms with Gasteiger partial charge >= 0.3 is 0 Å². The van der Waals surface area contributed by atoms with Gasteiger partial charge in [-0.1, -0.05) is 6.92 Å². The first kappa shape index (κ1) is 18.8. The number of aliphatic imine (C=N–C) groups is 1. The van der Waals surface area contributed by atoms with E-state index < -0.39 is 0 Å². The molecular formula is C18H34N6. The van der Waals surface area contributed by atoms with Crippen molar-refractivity contribution in [1.29, 1.82) is 0 Å². The summed E-state index contributed by atoms with van der Waals surface area (Å²) in [6.07, 6.45) is 3.68. The first-order chi connectivity index (χ1) is 11.5. The molecule has 6 nitrogen and oxygen atoms in total. The second kappa shape index (κ2) is 8.51. The van der Waals surface area contributed by atoms with Crippen LogP contribution in [-0.4, -0.2) is 59.4 Å². The summed E-state index contributed by atoms with van der Waals surface area (Å²) >= 11 is 0. The van der Waals surface area contributed by atoms with Gasteiger partial charge in [0, 0.05) is 45.0 Å². The quantitative estimate of drug-likeness (QED) is 0.560. The van der Waals surface area contributed by atoms with Gasteiger partial charge < -0.3 is 10.6 Å². The smallest absolute Gasteiger partial charge is 0.191 e. The van der Waals surface area contributed by atoms with Crippen molar-refractivity contribution in [2.75, 3.05) is 26.7 Å². The summed E-state index contributed by atoms with van der Waals surface area (Å²) in [6, 6.07) is 1.13. The zero-order chi connectivity index (χ0) is 17.7. The van der Waals surface area contributed by atoms with Crippen LogP contribution in [0.3, 0.4) is 0 Å². The highest BCUT2D eigenvalue weighted by Crippen LogP contribution is 2.25. The Balaban J connectivity index is 1.79. The normalized spacial score (nSPS) is 16.5.